The standard InChI is InChI=1S/C25H27F3N2O5/c1-3-24(2,22(33)30-20(21(31)32)12-25(26,27)28)14-29-23(34)35-13-19-17-10-6-4-8-15(17)16-9-5-7-11-18(16)19/h4-11,19-20H,3,12-14H2,1-2H3,(H,29,34)(H,30,33)(H,31,32). The number of halogens is 3. The molecule has 0 fully saturated rings. The van der Waals surface area contributed by atoms with Crippen molar-refractivity contribution in [2.24, 2.45) is 5.41 Å². The highest BCUT2D eigenvalue weighted by molar-refractivity contribution is 5.87. The first-order chi connectivity index (χ1) is 16.4. The Kier molecular flexibility index (Phi) is 7.72. The van der Waals surface area contributed by atoms with Crippen LogP contribution in [0.5, 0.6) is 0 Å². The number of hydrogen-bond donors (Lipinski definition) is 3. The normalized spacial score (nSPS) is 15.3. The van der Waals surface area contributed by atoms with Gasteiger partial charge in [-0.1, -0.05) is 55.5 Å². The van der Waals surface area contributed by atoms with E-state index in [0.29, 0.717) is 0 Å². The van der Waals surface area contributed by atoms with Gasteiger partial charge in [0.2, 0.25) is 5.91 Å². The van der Waals surface area contributed by atoms with Crippen molar-refractivity contribution in [1.82, 2.24) is 10.6 Å². The molecule has 0 bridgehead atoms. The van der Waals surface area contributed by atoms with Crippen molar-refractivity contribution in [1.29, 1.82) is 0 Å². The lowest BCUT2D eigenvalue weighted by atomic mass is 9.86. The molecule has 1 aliphatic rings. The SMILES string of the molecule is CCC(C)(CNC(=O)OCC1c2ccccc2-c2ccccc21)C(=O)NC(CC(F)(F)F)C(=O)O. The number of nitrogens with one attached hydrogen (secondary N) is 2. The van der Waals surface area contributed by atoms with Gasteiger partial charge in [0.05, 0.1) is 11.8 Å². The van der Waals surface area contributed by atoms with Crippen LogP contribution in [-0.4, -0.2) is 48.4 Å². The van der Waals surface area contributed by atoms with E-state index >= 15 is 0 Å². The molecular formula is C25H27F3N2O5. The zero-order valence-electron chi connectivity index (χ0n) is 19.3. The second-order valence-electron chi connectivity index (χ2n) is 8.78. The van der Waals surface area contributed by atoms with Gasteiger partial charge in [0, 0.05) is 12.5 Å². The highest BCUT2D eigenvalue weighted by Gasteiger charge is 2.40. The van der Waals surface area contributed by atoms with Crippen molar-refractivity contribution in [2.45, 2.75) is 44.8 Å². The molecule has 3 rings (SSSR count). The topological polar surface area (TPSA) is 105 Å². The predicted molar refractivity (Wildman–Crippen MR) is 122 cm³/mol. The Bertz CT molecular complexity index is 1060. The number of carbonyl (C=O) groups is 3. The fourth-order valence-corrected chi connectivity index (χ4v) is 4.05. The number of benzene rings is 2. The molecule has 0 heterocycles. The average molecular weight is 492 g/mol. The largest absolute Gasteiger partial charge is 0.480 e. The van der Waals surface area contributed by atoms with Crippen molar-refractivity contribution in [3.63, 3.8) is 0 Å². The minimum atomic E-state index is -4.77. The van der Waals surface area contributed by atoms with Gasteiger partial charge >= 0.3 is 18.2 Å². The van der Waals surface area contributed by atoms with Crippen LogP contribution in [0.2, 0.25) is 0 Å². The lowest BCUT2D eigenvalue weighted by Crippen LogP contribution is -2.52. The molecule has 3 N–H and O–H groups in total. The van der Waals surface area contributed by atoms with Gasteiger partial charge in [-0.3, -0.25) is 4.79 Å². The van der Waals surface area contributed by atoms with Crippen LogP contribution in [0.4, 0.5) is 18.0 Å². The molecule has 188 valence electrons. The lowest BCUT2D eigenvalue weighted by molar-refractivity contribution is -0.161. The fourth-order valence-electron chi connectivity index (χ4n) is 4.05. The highest BCUT2D eigenvalue weighted by atomic mass is 19.4. The Hall–Kier alpha value is -3.56. The maximum absolute atomic E-state index is 12.7. The Morgan fingerprint density at radius 2 is 1.57 bits per heavy atom. The minimum Gasteiger partial charge on any atom is -0.480 e. The van der Waals surface area contributed by atoms with Gasteiger partial charge in [-0.2, -0.15) is 13.2 Å². The summed E-state index contributed by atoms with van der Waals surface area (Å²) < 4.78 is 43.4. The molecule has 0 radical (unpaired) electrons. The van der Waals surface area contributed by atoms with Crippen LogP contribution in [0.3, 0.4) is 0 Å². The number of carboxylic acids is 1. The quantitative estimate of drug-likeness (QED) is 0.479. The summed E-state index contributed by atoms with van der Waals surface area (Å²) in [5, 5.41) is 13.5. The number of alkyl halides is 3. The first-order valence-electron chi connectivity index (χ1n) is 11.1. The van der Waals surface area contributed by atoms with Crippen molar-refractivity contribution >= 4 is 18.0 Å². The Morgan fingerprint density at radius 3 is 2.06 bits per heavy atom. The molecule has 0 saturated heterocycles. The smallest absolute Gasteiger partial charge is 0.407 e. The molecule has 1 aliphatic carbocycles. The van der Waals surface area contributed by atoms with Gasteiger partial charge in [-0.25, -0.2) is 9.59 Å². The summed E-state index contributed by atoms with van der Waals surface area (Å²) in [7, 11) is 0. The van der Waals surface area contributed by atoms with Gasteiger partial charge in [0.25, 0.3) is 0 Å². The minimum absolute atomic E-state index is 0.0571. The van der Waals surface area contributed by atoms with Gasteiger partial charge < -0.3 is 20.5 Å². The van der Waals surface area contributed by atoms with Gasteiger partial charge in [-0.15, -0.1) is 0 Å². The third-order valence-electron chi connectivity index (χ3n) is 6.33. The zero-order chi connectivity index (χ0) is 25.8. The molecule has 2 aromatic carbocycles. The van der Waals surface area contributed by atoms with Crippen LogP contribution in [0.15, 0.2) is 48.5 Å². The first-order valence-corrected chi connectivity index (χ1v) is 11.1. The fraction of sp³-hybridized carbons (Fsp3) is 0.400. The molecule has 10 heteroatoms. The summed E-state index contributed by atoms with van der Waals surface area (Å²) in [6, 6.07) is 13.5. The molecule has 2 unspecified atom stereocenters. The first kappa shape index (κ1) is 26.1. The molecule has 35 heavy (non-hydrogen) atoms. The van der Waals surface area contributed by atoms with E-state index in [9.17, 15) is 27.6 Å². The third kappa shape index (κ3) is 6.12. The van der Waals surface area contributed by atoms with Gasteiger partial charge in [0.1, 0.15) is 12.6 Å². The Labute approximate surface area is 200 Å². The number of aliphatic carboxylic acids is 1. The zero-order valence-corrected chi connectivity index (χ0v) is 19.3. The average Bonchev–Trinajstić information content (AvgIpc) is 3.13. The third-order valence-corrected chi connectivity index (χ3v) is 6.33. The van der Waals surface area contributed by atoms with Crippen LogP contribution in [-0.2, 0) is 14.3 Å². The Balaban J connectivity index is 1.60. The van der Waals surface area contributed by atoms with E-state index in [1.54, 1.807) is 6.92 Å². The van der Waals surface area contributed by atoms with Gasteiger partial charge in [-0.05, 0) is 35.6 Å². The van der Waals surface area contributed by atoms with Crippen LogP contribution in [0.25, 0.3) is 11.1 Å². The lowest BCUT2D eigenvalue weighted by Gasteiger charge is -2.29. The van der Waals surface area contributed by atoms with Crippen LogP contribution in [0.1, 0.15) is 43.7 Å². The summed E-state index contributed by atoms with van der Waals surface area (Å²) in [5.74, 6) is -2.86. The number of amides is 2. The molecule has 0 saturated carbocycles. The summed E-state index contributed by atoms with van der Waals surface area (Å²) in [6.07, 6.45) is -7.11. The highest BCUT2D eigenvalue weighted by Crippen LogP contribution is 2.44. The molecule has 0 spiro atoms. The summed E-state index contributed by atoms with van der Waals surface area (Å²) in [5.41, 5.74) is 2.86. The second kappa shape index (κ2) is 10.4. The van der Waals surface area contributed by atoms with Crippen LogP contribution < -0.4 is 10.6 Å². The summed E-state index contributed by atoms with van der Waals surface area (Å²) in [6.45, 7) is 2.85. The maximum Gasteiger partial charge on any atom is 0.407 e. The molecule has 2 aromatic rings. The number of fused-ring (bicyclic) bond motifs is 3. The predicted octanol–water partition coefficient (Wildman–Crippen LogP) is 4.46. The van der Waals surface area contributed by atoms with E-state index in [0.717, 1.165) is 22.3 Å². The number of carboxylic acid groups (broad SMARTS) is 1. The molecule has 7 nitrogen and oxygen atoms in total. The maximum atomic E-state index is 12.7. The van der Waals surface area contributed by atoms with Crippen LogP contribution in [0, 0.1) is 5.41 Å². The van der Waals surface area contributed by atoms with Crippen molar-refractivity contribution in [2.75, 3.05) is 13.2 Å². The second-order valence-corrected chi connectivity index (χ2v) is 8.78. The monoisotopic (exact) mass is 492 g/mol. The van der Waals surface area contributed by atoms with E-state index in [1.165, 1.54) is 6.92 Å². The van der Waals surface area contributed by atoms with E-state index in [-0.39, 0.29) is 25.5 Å². The van der Waals surface area contributed by atoms with Crippen molar-refractivity contribution in [3.05, 3.63) is 59.7 Å². The summed E-state index contributed by atoms with van der Waals surface area (Å²) >= 11 is 0. The van der Waals surface area contributed by atoms with Crippen molar-refractivity contribution < 1.29 is 37.4 Å². The van der Waals surface area contributed by atoms with Crippen LogP contribution >= 0.6 is 0 Å². The molecular weight excluding hydrogens is 465 g/mol. The molecule has 0 aliphatic heterocycles. The number of alkyl carbamates (subject to hydrolysis) is 1. The number of hydrogen-bond acceptors (Lipinski definition) is 4. The van der Waals surface area contributed by atoms with E-state index < -0.39 is 42.0 Å². The molecule has 2 amide bonds. The van der Waals surface area contributed by atoms with E-state index in [2.05, 4.69) is 5.32 Å². The Morgan fingerprint density at radius 1 is 1.03 bits per heavy atom. The molecule has 2 atom stereocenters. The van der Waals surface area contributed by atoms with Gasteiger partial charge in [0.15, 0.2) is 0 Å². The number of rotatable bonds is 9. The van der Waals surface area contributed by atoms with E-state index in [4.69, 9.17) is 9.84 Å². The van der Waals surface area contributed by atoms with E-state index in [1.807, 2.05) is 53.8 Å². The summed E-state index contributed by atoms with van der Waals surface area (Å²) in [4.78, 5) is 36.2. The van der Waals surface area contributed by atoms with Crippen molar-refractivity contribution in [3.8, 4) is 11.1 Å². The number of ether oxygens (including phenoxy) is 1. The molecule has 0 aromatic heterocycles. The number of carbonyl (C=O) groups excluding carboxylic acids is 2.